The fourth-order valence-electron chi connectivity index (χ4n) is 1.88. The van der Waals surface area contributed by atoms with Gasteiger partial charge in [-0.3, -0.25) is 10.2 Å². The van der Waals surface area contributed by atoms with Gasteiger partial charge >= 0.3 is 0 Å². The number of rotatable bonds is 7. The minimum Gasteiger partial charge on any atom is -0.484 e. The summed E-state index contributed by atoms with van der Waals surface area (Å²) in [6.45, 7) is 1.68. The Morgan fingerprint density at radius 2 is 1.80 bits per heavy atom. The number of hydrazine groups is 1. The fraction of sp³-hybridized carbons (Fsp3) is 0.188. The minimum atomic E-state index is -4.05. The molecule has 0 unspecified atom stereocenters. The number of nitrogens with one attached hydrogen (secondary N) is 2. The molecule has 0 aliphatic heterocycles. The normalized spacial score (nSPS) is 11.2. The summed E-state index contributed by atoms with van der Waals surface area (Å²) < 4.78 is 29.6. The van der Waals surface area contributed by atoms with Gasteiger partial charge in [0.1, 0.15) is 10.6 Å². The van der Waals surface area contributed by atoms with Gasteiger partial charge in [0.25, 0.3) is 15.9 Å². The van der Waals surface area contributed by atoms with Crippen molar-refractivity contribution in [2.75, 3.05) is 6.61 Å². The predicted octanol–water partition coefficient (Wildman–Crippen LogP) is 2.94. The molecule has 0 fully saturated rings. The molecule has 2 rings (SSSR count). The Kier molecular flexibility index (Phi) is 6.66. The van der Waals surface area contributed by atoms with Gasteiger partial charge in [0.15, 0.2) is 6.61 Å². The predicted molar refractivity (Wildman–Crippen MR) is 96.2 cm³/mol. The molecule has 0 aromatic heterocycles. The molecule has 0 saturated heterocycles. The molecule has 134 valence electrons. The van der Waals surface area contributed by atoms with Crippen molar-refractivity contribution in [1.82, 2.24) is 10.3 Å². The summed E-state index contributed by atoms with van der Waals surface area (Å²) in [6, 6.07) is 11.4. The monoisotopic (exact) mass is 402 g/mol. The van der Waals surface area contributed by atoms with Crippen molar-refractivity contribution in [1.29, 1.82) is 0 Å². The molecule has 6 nitrogen and oxygen atoms in total. The number of halogens is 2. The van der Waals surface area contributed by atoms with E-state index in [9.17, 15) is 13.2 Å². The van der Waals surface area contributed by atoms with E-state index in [4.69, 9.17) is 27.9 Å². The fourth-order valence-corrected chi connectivity index (χ4v) is 3.50. The third kappa shape index (κ3) is 5.34. The first-order valence-corrected chi connectivity index (χ1v) is 9.54. The largest absolute Gasteiger partial charge is 0.484 e. The highest BCUT2D eigenvalue weighted by Gasteiger charge is 2.20. The van der Waals surface area contributed by atoms with Gasteiger partial charge in [-0.1, -0.05) is 48.3 Å². The lowest BCUT2D eigenvalue weighted by molar-refractivity contribution is -0.123. The number of carbonyl (C=O) groups is 1. The highest BCUT2D eigenvalue weighted by atomic mass is 35.5. The number of amides is 1. The first-order valence-electron chi connectivity index (χ1n) is 7.30. The quantitative estimate of drug-likeness (QED) is 0.697. The average molecular weight is 403 g/mol. The third-order valence-corrected chi connectivity index (χ3v) is 5.45. The molecule has 0 aliphatic carbocycles. The van der Waals surface area contributed by atoms with Crippen LogP contribution in [0.25, 0.3) is 0 Å². The molecule has 0 spiro atoms. The van der Waals surface area contributed by atoms with E-state index in [1.165, 1.54) is 18.2 Å². The molecule has 9 heteroatoms. The number of hydrogen-bond donors (Lipinski definition) is 2. The molecule has 1 amide bonds. The van der Waals surface area contributed by atoms with Gasteiger partial charge in [-0.25, -0.2) is 8.42 Å². The van der Waals surface area contributed by atoms with Crippen molar-refractivity contribution in [3.05, 3.63) is 58.1 Å². The Hall–Kier alpha value is -1.80. The second-order valence-electron chi connectivity index (χ2n) is 4.99. The van der Waals surface area contributed by atoms with E-state index in [0.717, 1.165) is 12.0 Å². The smallest absolute Gasteiger partial charge is 0.272 e. The lowest BCUT2D eigenvalue weighted by Gasteiger charge is -2.11. The van der Waals surface area contributed by atoms with Gasteiger partial charge < -0.3 is 4.74 Å². The van der Waals surface area contributed by atoms with Crippen LogP contribution < -0.4 is 15.0 Å². The zero-order valence-electron chi connectivity index (χ0n) is 13.3. The van der Waals surface area contributed by atoms with Crippen LogP contribution in [0, 0.1) is 0 Å². The van der Waals surface area contributed by atoms with Crippen LogP contribution in [0.1, 0.15) is 12.5 Å². The lowest BCUT2D eigenvalue weighted by atomic mass is 10.2. The molecule has 25 heavy (non-hydrogen) atoms. The summed E-state index contributed by atoms with van der Waals surface area (Å²) in [4.78, 5) is 13.5. The van der Waals surface area contributed by atoms with Crippen LogP contribution in [0.3, 0.4) is 0 Å². The molecule has 2 N–H and O–H groups in total. The van der Waals surface area contributed by atoms with E-state index < -0.39 is 15.9 Å². The molecular weight excluding hydrogens is 387 g/mol. The Labute approximate surface area is 156 Å². The zero-order chi connectivity index (χ0) is 18.4. The second kappa shape index (κ2) is 8.53. The number of ether oxygens (including phenoxy) is 1. The van der Waals surface area contributed by atoms with Crippen molar-refractivity contribution in [3.8, 4) is 5.75 Å². The number of hydrogen-bond acceptors (Lipinski definition) is 4. The molecule has 0 aliphatic rings. The molecule has 0 heterocycles. The van der Waals surface area contributed by atoms with Crippen LogP contribution >= 0.6 is 23.2 Å². The summed E-state index contributed by atoms with van der Waals surface area (Å²) in [6.07, 6.45) is 0.897. The van der Waals surface area contributed by atoms with Gasteiger partial charge in [-0.15, -0.1) is 4.83 Å². The summed E-state index contributed by atoms with van der Waals surface area (Å²) in [7, 11) is -4.05. The van der Waals surface area contributed by atoms with Crippen LogP contribution in [0.5, 0.6) is 5.75 Å². The standard InChI is InChI=1S/C16H16Cl2N2O4S/c1-2-11-6-8-12(9-7-11)24-10-15(21)19-20-25(22,23)14-5-3-4-13(17)16(14)18/h3-9,20H,2,10H2,1H3,(H,19,21). The van der Waals surface area contributed by atoms with Gasteiger partial charge in [-0.2, -0.15) is 0 Å². The molecular formula is C16H16Cl2N2O4S. The molecule has 2 aromatic carbocycles. The zero-order valence-corrected chi connectivity index (χ0v) is 15.6. The van der Waals surface area contributed by atoms with E-state index in [1.54, 1.807) is 12.1 Å². The maximum absolute atomic E-state index is 12.1. The number of aryl methyl sites for hydroxylation is 1. The van der Waals surface area contributed by atoms with Crippen molar-refractivity contribution >= 4 is 39.1 Å². The summed E-state index contributed by atoms with van der Waals surface area (Å²) in [5.41, 5.74) is 3.20. The van der Waals surface area contributed by atoms with Crippen molar-refractivity contribution in [2.24, 2.45) is 0 Å². The SMILES string of the molecule is CCc1ccc(OCC(=O)NNS(=O)(=O)c2cccc(Cl)c2Cl)cc1. The third-order valence-electron chi connectivity index (χ3n) is 3.23. The van der Waals surface area contributed by atoms with Crippen LogP contribution in [0.2, 0.25) is 10.0 Å². The minimum absolute atomic E-state index is 0.0923. The summed E-state index contributed by atoms with van der Waals surface area (Å²) in [5.74, 6) is -0.158. The Balaban J connectivity index is 1.91. The highest BCUT2D eigenvalue weighted by Crippen LogP contribution is 2.28. The molecule has 0 bridgehead atoms. The topological polar surface area (TPSA) is 84.5 Å². The van der Waals surface area contributed by atoms with Gasteiger partial charge in [0, 0.05) is 0 Å². The Bertz CT molecular complexity index is 855. The van der Waals surface area contributed by atoms with Gasteiger partial charge in [0.05, 0.1) is 10.0 Å². The van der Waals surface area contributed by atoms with Crippen LogP contribution in [-0.4, -0.2) is 20.9 Å². The first kappa shape index (κ1) is 19.5. The van der Waals surface area contributed by atoms with Crippen molar-refractivity contribution in [2.45, 2.75) is 18.2 Å². The average Bonchev–Trinajstić information content (AvgIpc) is 2.61. The van der Waals surface area contributed by atoms with Crippen molar-refractivity contribution in [3.63, 3.8) is 0 Å². The van der Waals surface area contributed by atoms with Crippen LogP contribution in [-0.2, 0) is 21.2 Å². The number of carbonyl (C=O) groups excluding carboxylic acids is 1. The number of sulfonamides is 1. The Morgan fingerprint density at radius 3 is 2.44 bits per heavy atom. The van der Waals surface area contributed by atoms with E-state index in [0.29, 0.717) is 5.75 Å². The molecule has 0 saturated carbocycles. The van der Waals surface area contributed by atoms with E-state index in [1.807, 2.05) is 23.9 Å². The Morgan fingerprint density at radius 1 is 1.12 bits per heavy atom. The van der Waals surface area contributed by atoms with E-state index in [-0.39, 0.29) is 21.5 Å². The highest BCUT2D eigenvalue weighted by molar-refractivity contribution is 7.89. The maximum Gasteiger partial charge on any atom is 0.272 e. The second-order valence-corrected chi connectivity index (χ2v) is 7.43. The van der Waals surface area contributed by atoms with Gasteiger partial charge in [0.2, 0.25) is 0 Å². The maximum atomic E-state index is 12.1. The summed E-state index contributed by atoms with van der Waals surface area (Å²) >= 11 is 11.7. The van der Waals surface area contributed by atoms with Crippen molar-refractivity contribution < 1.29 is 17.9 Å². The molecule has 2 aromatic rings. The molecule has 0 radical (unpaired) electrons. The number of benzene rings is 2. The lowest BCUT2D eigenvalue weighted by Crippen LogP contribution is -2.43. The van der Waals surface area contributed by atoms with Crippen LogP contribution in [0.4, 0.5) is 0 Å². The molecule has 0 atom stereocenters. The van der Waals surface area contributed by atoms with E-state index >= 15 is 0 Å². The summed E-state index contributed by atoms with van der Waals surface area (Å²) in [5, 5.41) is -0.0343. The van der Waals surface area contributed by atoms with E-state index in [2.05, 4.69) is 5.43 Å². The first-order chi connectivity index (χ1) is 11.8. The van der Waals surface area contributed by atoms with Crippen LogP contribution in [0.15, 0.2) is 47.4 Å². The van der Waals surface area contributed by atoms with Gasteiger partial charge in [-0.05, 0) is 36.2 Å².